The zero-order valence-electron chi connectivity index (χ0n) is 24.4. The molecule has 6 heteroatoms. The third kappa shape index (κ3) is 23.5. The minimum Gasteiger partial charge on any atom is -0.467 e. The molecule has 0 spiro atoms. The number of hydrogen-bond donors (Lipinski definition) is 1. The Morgan fingerprint density at radius 1 is 0.737 bits per heavy atom. The van der Waals surface area contributed by atoms with Gasteiger partial charge in [0.2, 0.25) is 5.91 Å². The minimum absolute atomic E-state index is 0.167. The molecule has 1 N–H and O–H groups in total. The number of carbonyl (C=O) groups is 3. The van der Waals surface area contributed by atoms with E-state index in [2.05, 4.69) is 73.0 Å². The third-order valence-corrected chi connectivity index (χ3v) is 5.30. The number of carbonyl (C=O) groups excluding carboxylic acids is 3. The Morgan fingerprint density at radius 3 is 1.76 bits per heavy atom. The lowest BCUT2D eigenvalue weighted by Crippen LogP contribution is -2.41. The molecule has 214 valence electrons. The van der Waals surface area contributed by atoms with E-state index in [9.17, 15) is 14.4 Å². The highest BCUT2D eigenvalue weighted by Crippen LogP contribution is 2.12. The van der Waals surface area contributed by atoms with Gasteiger partial charge in [0, 0.05) is 12.8 Å². The molecule has 0 aliphatic carbocycles. The van der Waals surface area contributed by atoms with Crippen LogP contribution in [-0.2, 0) is 23.9 Å². The van der Waals surface area contributed by atoms with E-state index in [1.807, 2.05) is 20.8 Å². The van der Waals surface area contributed by atoms with Crippen molar-refractivity contribution in [3.8, 4) is 0 Å². The zero-order valence-corrected chi connectivity index (χ0v) is 24.4. The zero-order chi connectivity index (χ0) is 28.5. The fourth-order valence-corrected chi connectivity index (χ4v) is 3.42. The number of amides is 1. The Kier molecular flexibility index (Phi) is 21.5. The summed E-state index contributed by atoms with van der Waals surface area (Å²) in [6.07, 6.45) is 30.2. The van der Waals surface area contributed by atoms with Crippen LogP contribution in [0.4, 0.5) is 0 Å². The van der Waals surface area contributed by atoms with Gasteiger partial charge in [-0.05, 0) is 78.6 Å². The first-order valence-corrected chi connectivity index (χ1v) is 14.0. The van der Waals surface area contributed by atoms with E-state index in [4.69, 9.17) is 9.47 Å². The summed E-state index contributed by atoms with van der Waals surface area (Å²) in [5.41, 5.74) is -0.508. The molecule has 0 aromatic rings. The van der Waals surface area contributed by atoms with Gasteiger partial charge in [-0.3, -0.25) is 9.59 Å². The second-order valence-corrected chi connectivity index (χ2v) is 10.1. The standard InChI is InChI=1S/C32H51NO5/c1-6-7-8-9-10-11-12-13-14-15-16-17-18-19-20-21-22-26-29(34)33-28(31(36)37-5)25-23-24-27-30(35)38-32(2,3)4/h7-8,10-11,13-14,16-17,19-20,28H,6,9,12,15,18,21-27H2,1-5H3,(H,33,34)/b8-7-,11-10-,14-13-,17-16-,20-19-/t28-/m0/s1. The molecular weight excluding hydrogens is 478 g/mol. The topological polar surface area (TPSA) is 81.7 Å². The lowest BCUT2D eigenvalue weighted by Gasteiger charge is -2.19. The number of ether oxygens (including phenoxy) is 2. The van der Waals surface area contributed by atoms with Crippen LogP contribution in [0.3, 0.4) is 0 Å². The number of esters is 2. The van der Waals surface area contributed by atoms with Crippen LogP contribution in [0.15, 0.2) is 60.8 Å². The average molecular weight is 530 g/mol. The van der Waals surface area contributed by atoms with E-state index in [1.54, 1.807) is 0 Å². The molecule has 0 aliphatic heterocycles. The van der Waals surface area contributed by atoms with Gasteiger partial charge in [0.15, 0.2) is 0 Å². The fraction of sp³-hybridized carbons (Fsp3) is 0.594. The predicted molar refractivity (Wildman–Crippen MR) is 157 cm³/mol. The molecule has 38 heavy (non-hydrogen) atoms. The average Bonchev–Trinajstić information content (AvgIpc) is 2.86. The highest BCUT2D eigenvalue weighted by Gasteiger charge is 2.21. The van der Waals surface area contributed by atoms with Crippen molar-refractivity contribution in [3.05, 3.63) is 60.8 Å². The largest absolute Gasteiger partial charge is 0.467 e. The van der Waals surface area contributed by atoms with Gasteiger partial charge in [-0.25, -0.2) is 4.79 Å². The molecule has 0 bridgehead atoms. The number of allylic oxidation sites excluding steroid dienone is 10. The Labute approximate surface area is 231 Å². The lowest BCUT2D eigenvalue weighted by molar-refractivity contribution is -0.155. The maximum atomic E-state index is 12.3. The Balaban J connectivity index is 4.04. The van der Waals surface area contributed by atoms with Crippen LogP contribution >= 0.6 is 0 Å². The summed E-state index contributed by atoms with van der Waals surface area (Å²) in [5.74, 6) is -0.889. The van der Waals surface area contributed by atoms with Crippen LogP contribution in [-0.4, -0.2) is 36.6 Å². The summed E-state index contributed by atoms with van der Waals surface area (Å²) in [6, 6.07) is -0.695. The first-order valence-electron chi connectivity index (χ1n) is 14.0. The van der Waals surface area contributed by atoms with Crippen molar-refractivity contribution >= 4 is 17.8 Å². The minimum atomic E-state index is -0.695. The van der Waals surface area contributed by atoms with Crippen LogP contribution < -0.4 is 5.32 Å². The molecule has 6 nitrogen and oxygen atoms in total. The second kappa shape index (κ2) is 23.2. The lowest BCUT2D eigenvalue weighted by atomic mass is 10.1. The molecule has 0 rings (SSSR count). The van der Waals surface area contributed by atoms with Crippen molar-refractivity contribution in [1.29, 1.82) is 0 Å². The molecule has 0 aliphatic rings. The Hall–Kier alpha value is -2.89. The smallest absolute Gasteiger partial charge is 0.328 e. The van der Waals surface area contributed by atoms with Crippen molar-refractivity contribution in [3.63, 3.8) is 0 Å². The van der Waals surface area contributed by atoms with E-state index in [1.165, 1.54) is 7.11 Å². The summed E-state index contributed by atoms with van der Waals surface area (Å²) >= 11 is 0. The molecule has 1 atom stereocenters. The second-order valence-electron chi connectivity index (χ2n) is 10.1. The molecule has 0 aromatic carbocycles. The first kappa shape index (κ1) is 35.1. The SMILES string of the molecule is CC/C=C\C/C=C\C/C=C\C/C=C\C/C=C\CCCC(=O)N[C@@H](CCCCC(=O)OC(C)(C)C)C(=O)OC. The number of nitrogens with one attached hydrogen (secondary N) is 1. The number of methoxy groups -OCH3 is 1. The molecule has 0 radical (unpaired) electrons. The predicted octanol–water partition coefficient (Wildman–Crippen LogP) is 7.47. The highest BCUT2D eigenvalue weighted by atomic mass is 16.6. The number of hydrogen-bond acceptors (Lipinski definition) is 5. The quantitative estimate of drug-likeness (QED) is 0.100. The van der Waals surface area contributed by atoms with Crippen LogP contribution in [0.5, 0.6) is 0 Å². The molecule has 1 amide bonds. The van der Waals surface area contributed by atoms with Gasteiger partial charge in [0.05, 0.1) is 7.11 Å². The third-order valence-electron chi connectivity index (χ3n) is 5.30. The highest BCUT2D eigenvalue weighted by molar-refractivity contribution is 5.84. The maximum absolute atomic E-state index is 12.3. The van der Waals surface area contributed by atoms with Crippen molar-refractivity contribution in [2.45, 2.75) is 116 Å². The number of rotatable bonds is 20. The van der Waals surface area contributed by atoms with Gasteiger partial charge in [0.25, 0.3) is 0 Å². The van der Waals surface area contributed by atoms with Crippen LogP contribution in [0.25, 0.3) is 0 Å². The van der Waals surface area contributed by atoms with E-state index in [-0.39, 0.29) is 18.3 Å². The molecular formula is C32H51NO5. The summed E-state index contributed by atoms with van der Waals surface area (Å²) in [7, 11) is 1.31. The van der Waals surface area contributed by atoms with E-state index >= 15 is 0 Å². The normalized spacial score (nSPS) is 13.3. The van der Waals surface area contributed by atoms with Gasteiger partial charge in [-0.15, -0.1) is 0 Å². The first-order chi connectivity index (χ1) is 18.2. The van der Waals surface area contributed by atoms with Gasteiger partial charge >= 0.3 is 11.9 Å². The molecule has 0 saturated carbocycles. The van der Waals surface area contributed by atoms with Crippen molar-refractivity contribution in [2.24, 2.45) is 0 Å². The van der Waals surface area contributed by atoms with Gasteiger partial charge < -0.3 is 14.8 Å². The van der Waals surface area contributed by atoms with Crippen molar-refractivity contribution < 1.29 is 23.9 Å². The van der Waals surface area contributed by atoms with E-state index < -0.39 is 17.6 Å². The van der Waals surface area contributed by atoms with Crippen LogP contribution in [0, 0.1) is 0 Å². The van der Waals surface area contributed by atoms with Crippen molar-refractivity contribution in [2.75, 3.05) is 7.11 Å². The van der Waals surface area contributed by atoms with E-state index in [0.717, 1.165) is 38.5 Å². The maximum Gasteiger partial charge on any atom is 0.328 e. The molecule has 0 fully saturated rings. The summed E-state index contributed by atoms with van der Waals surface area (Å²) in [6.45, 7) is 7.63. The summed E-state index contributed by atoms with van der Waals surface area (Å²) < 4.78 is 10.1. The van der Waals surface area contributed by atoms with Gasteiger partial charge in [-0.1, -0.05) is 74.1 Å². The van der Waals surface area contributed by atoms with Gasteiger partial charge in [-0.2, -0.15) is 0 Å². The monoisotopic (exact) mass is 529 g/mol. The Morgan fingerprint density at radius 2 is 1.26 bits per heavy atom. The van der Waals surface area contributed by atoms with Crippen LogP contribution in [0.2, 0.25) is 0 Å². The molecule has 0 saturated heterocycles. The van der Waals surface area contributed by atoms with E-state index in [0.29, 0.717) is 32.1 Å². The summed E-state index contributed by atoms with van der Waals surface area (Å²) in [4.78, 5) is 36.1. The molecule has 0 aromatic heterocycles. The molecule has 0 heterocycles. The number of unbranched alkanes of at least 4 members (excludes halogenated alkanes) is 2. The van der Waals surface area contributed by atoms with Crippen molar-refractivity contribution in [1.82, 2.24) is 5.32 Å². The van der Waals surface area contributed by atoms with Crippen LogP contribution in [0.1, 0.15) is 105 Å². The summed E-state index contributed by atoms with van der Waals surface area (Å²) in [5, 5.41) is 2.77. The Bertz CT molecular complexity index is 799. The van der Waals surface area contributed by atoms with Gasteiger partial charge in [0.1, 0.15) is 11.6 Å². The molecule has 0 unspecified atom stereocenters. The fourth-order valence-electron chi connectivity index (χ4n) is 3.42.